The van der Waals surface area contributed by atoms with Crippen molar-refractivity contribution >= 4 is 22.2 Å². The lowest BCUT2D eigenvalue weighted by atomic mass is 10.00. The van der Waals surface area contributed by atoms with Gasteiger partial charge in [-0.05, 0) is 37.5 Å². The largest absolute Gasteiger partial charge is 0.348 e. The van der Waals surface area contributed by atoms with Crippen LogP contribution in [0.1, 0.15) is 32.6 Å². The number of nitrogens with one attached hydrogen (secondary N) is 1. The number of nitrogens with zero attached hydrogens (tertiary/aromatic N) is 2. The van der Waals surface area contributed by atoms with E-state index in [0.29, 0.717) is 11.5 Å². The molecule has 6 heteroatoms. The molecule has 0 aliphatic carbocycles. The summed E-state index contributed by atoms with van der Waals surface area (Å²) in [5, 5.41) is 4.59. The molecule has 0 atom stereocenters. The van der Waals surface area contributed by atoms with Crippen molar-refractivity contribution < 1.29 is 4.79 Å². The number of carbonyl (C=O) groups is 1. The van der Waals surface area contributed by atoms with E-state index in [4.69, 9.17) is 0 Å². The first-order chi connectivity index (χ1) is 11.0. The van der Waals surface area contributed by atoms with Gasteiger partial charge >= 0.3 is 0 Å². The molecule has 0 saturated heterocycles. The first-order valence-electron chi connectivity index (χ1n) is 7.27. The molecular weight excluding hydrogens is 310 g/mol. The normalized spacial score (nSPS) is 10.9. The molecule has 1 amide bonds. The van der Waals surface area contributed by atoms with Crippen LogP contribution in [0.3, 0.4) is 0 Å². The molecule has 5 nitrogen and oxygen atoms in total. The van der Waals surface area contributed by atoms with Crippen molar-refractivity contribution in [3.63, 3.8) is 0 Å². The number of rotatable bonds is 3. The lowest BCUT2D eigenvalue weighted by Gasteiger charge is -2.12. The van der Waals surface area contributed by atoms with E-state index in [2.05, 4.69) is 22.4 Å². The molecule has 0 radical (unpaired) electrons. The summed E-state index contributed by atoms with van der Waals surface area (Å²) in [5.74, 6) is -0.400. The van der Waals surface area contributed by atoms with Gasteiger partial charge in [-0.15, -0.1) is 11.3 Å². The topological polar surface area (TPSA) is 63.5 Å². The Labute approximate surface area is 137 Å². The van der Waals surface area contributed by atoms with Gasteiger partial charge in [0.05, 0.1) is 0 Å². The fourth-order valence-corrected chi connectivity index (χ4v) is 3.41. The fourth-order valence-electron chi connectivity index (χ4n) is 2.73. The number of amides is 1. The predicted octanol–water partition coefficient (Wildman–Crippen LogP) is 2.61. The molecule has 23 heavy (non-hydrogen) atoms. The Morgan fingerprint density at radius 2 is 1.96 bits per heavy atom. The van der Waals surface area contributed by atoms with Crippen LogP contribution in [0, 0.1) is 20.8 Å². The first kappa shape index (κ1) is 15.4. The Morgan fingerprint density at radius 1 is 1.26 bits per heavy atom. The molecule has 1 N–H and O–H groups in total. The molecule has 0 aliphatic rings. The highest BCUT2D eigenvalue weighted by atomic mass is 32.1. The Hall–Kier alpha value is -2.47. The summed E-state index contributed by atoms with van der Waals surface area (Å²) in [4.78, 5) is 29.3. The monoisotopic (exact) mass is 327 g/mol. The van der Waals surface area contributed by atoms with E-state index in [1.807, 2.05) is 20.8 Å². The lowest BCUT2D eigenvalue weighted by molar-refractivity contribution is 0.0949. The summed E-state index contributed by atoms with van der Waals surface area (Å²) in [6.07, 6.45) is 2.97. The second kappa shape index (κ2) is 5.96. The van der Waals surface area contributed by atoms with Crippen LogP contribution >= 0.6 is 11.3 Å². The smallest absolute Gasteiger partial charge is 0.271 e. The van der Waals surface area contributed by atoms with Crippen molar-refractivity contribution in [2.45, 2.75) is 27.3 Å². The highest BCUT2D eigenvalue weighted by Crippen LogP contribution is 2.16. The quantitative estimate of drug-likeness (QED) is 0.804. The highest BCUT2D eigenvalue weighted by molar-refractivity contribution is 7.15. The van der Waals surface area contributed by atoms with Crippen molar-refractivity contribution in [1.82, 2.24) is 14.7 Å². The minimum atomic E-state index is -0.400. The van der Waals surface area contributed by atoms with E-state index in [-0.39, 0.29) is 11.1 Å². The van der Waals surface area contributed by atoms with Gasteiger partial charge in [0.1, 0.15) is 5.56 Å². The molecule has 0 spiro atoms. The Kier molecular flexibility index (Phi) is 4.00. The second-order valence-electron chi connectivity index (χ2n) is 5.59. The van der Waals surface area contributed by atoms with Crippen LogP contribution < -0.4 is 10.9 Å². The Bertz CT molecular complexity index is 933. The molecule has 2 aromatic heterocycles. The molecule has 0 unspecified atom stereocenters. The Morgan fingerprint density at radius 3 is 2.65 bits per heavy atom. The van der Waals surface area contributed by atoms with Gasteiger partial charge in [-0.1, -0.05) is 17.7 Å². The number of aryl methyl sites for hydroxylation is 3. The van der Waals surface area contributed by atoms with Crippen LogP contribution in [-0.4, -0.2) is 15.3 Å². The minimum Gasteiger partial charge on any atom is -0.348 e. The van der Waals surface area contributed by atoms with Gasteiger partial charge in [0, 0.05) is 24.3 Å². The van der Waals surface area contributed by atoms with E-state index in [0.717, 1.165) is 16.7 Å². The zero-order valence-corrected chi connectivity index (χ0v) is 14.0. The SMILES string of the molecule is Cc1cc(C)c(CNC(=O)c2cnc3sccn3c2=O)c(C)c1. The van der Waals surface area contributed by atoms with Gasteiger partial charge in [0.25, 0.3) is 11.5 Å². The van der Waals surface area contributed by atoms with Crippen molar-refractivity contribution in [2.75, 3.05) is 0 Å². The van der Waals surface area contributed by atoms with Crippen LogP contribution in [-0.2, 0) is 6.54 Å². The predicted molar refractivity (Wildman–Crippen MR) is 91.2 cm³/mol. The van der Waals surface area contributed by atoms with E-state index < -0.39 is 5.91 Å². The van der Waals surface area contributed by atoms with Gasteiger partial charge in [-0.2, -0.15) is 0 Å². The van der Waals surface area contributed by atoms with E-state index in [1.165, 1.54) is 27.5 Å². The summed E-state index contributed by atoms with van der Waals surface area (Å²) in [7, 11) is 0. The van der Waals surface area contributed by atoms with Crippen molar-refractivity contribution in [3.8, 4) is 0 Å². The first-order valence-corrected chi connectivity index (χ1v) is 8.15. The summed E-state index contributed by atoms with van der Waals surface area (Å²) in [6, 6.07) is 4.17. The molecule has 118 valence electrons. The maximum Gasteiger partial charge on any atom is 0.271 e. The number of aromatic nitrogens is 2. The summed E-state index contributed by atoms with van der Waals surface area (Å²) >= 11 is 1.36. The van der Waals surface area contributed by atoms with Crippen molar-refractivity contribution in [2.24, 2.45) is 0 Å². The van der Waals surface area contributed by atoms with Crippen LogP contribution in [0.4, 0.5) is 0 Å². The Balaban J connectivity index is 1.84. The summed E-state index contributed by atoms with van der Waals surface area (Å²) in [5.41, 5.74) is 4.25. The third kappa shape index (κ3) is 2.90. The summed E-state index contributed by atoms with van der Waals surface area (Å²) in [6.45, 7) is 6.48. The molecule has 1 aromatic carbocycles. The van der Waals surface area contributed by atoms with Gasteiger partial charge in [0.2, 0.25) is 0 Å². The van der Waals surface area contributed by atoms with Crippen LogP contribution in [0.5, 0.6) is 0 Å². The number of hydrogen-bond acceptors (Lipinski definition) is 4. The van der Waals surface area contributed by atoms with E-state index in [9.17, 15) is 9.59 Å². The maximum absolute atomic E-state index is 12.3. The van der Waals surface area contributed by atoms with Crippen LogP contribution in [0.15, 0.2) is 34.7 Å². The second-order valence-corrected chi connectivity index (χ2v) is 6.47. The van der Waals surface area contributed by atoms with Crippen molar-refractivity contribution in [3.05, 3.63) is 68.1 Å². The zero-order valence-electron chi connectivity index (χ0n) is 13.2. The van der Waals surface area contributed by atoms with Crippen LogP contribution in [0.2, 0.25) is 0 Å². The van der Waals surface area contributed by atoms with E-state index in [1.54, 1.807) is 11.6 Å². The molecular formula is C17H17N3O2S. The number of thiazole rings is 1. The molecule has 0 saturated carbocycles. The maximum atomic E-state index is 12.3. The number of benzene rings is 1. The number of hydrogen-bond donors (Lipinski definition) is 1. The fraction of sp³-hybridized carbons (Fsp3) is 0.235. The molecule has 2 heterocycles. The van der Waals surface area contributed by atoms with Gasteiger partial charge in [-0.3, -0.25) is 14.0 Å². The van der Waals surface area contributed by atoms with Crippen molar-refractivity contribution in [1.29, 1.82) is 0 Å². The van der Waals surface area contributed by atoms with E-state index >= 15 is 0 Å². The standard InChI is InChI=1S/C17H17N3O2S/c1-10-6-11(2)13(12(3)7-10)8-18-15(21)14-9-19-17-20(16(14)22)4-5-23-17/h4-7,9H,8H2,1-3H3,(H,18,21). The number of carbonyl (C=O) groups excluding carboxylic acids is 1. The molecule has 0 fully saturated rings. The van der Waals surface area contributed by atoms with Gasteiger partial charge in [-0.25, -0.2) is 4.98 Å². The third-order valence-corrected chi connectivity index (χ3v) is 4.62. The average Bonchev–Trinajstić information content (AvgIpc) is 2.95. The van der Waals surface area contributed by atoms with Crippen LogP contribution in [0.25, 0.3) is 4.96 Å². The van der Waals surface area contributed by atoms with Gasteiger partial charge in [0.15, 0.2) is 4.96 Å². The number of fused-ring (bicyclic) bond motifs is 1. The third-order valence-electron chi connectivity index (χ3n) is 3.85. The highest BCUT2D eigenvalue weighted by Gasteiger charge is 2.14. The molecule has 3 aromatic rings. The molecule has 0 bridgehead atoms. The summed E-state index contributed by atoms with van der Waals surface area (Å²) < 4.78 is 1.39. The molecule has 0 aliphatic heterocycles. The van der Waals surface area contributed by atoms with Gasteiger partial charge < -0.3 is 5.32 Å². The zero-order chi connectivity index (χ0) is 16.6. The lowest BCUT2D eigenvalue weighted by Crippen LogP contribution is -2.31. The molecule has 3 rings (SSSR count). The minimum absolute atomic E-state index is 0.0586. The average molecular weight is 327 g/mol.